The standard InChI is InChI=1S/C15H20ClN3S/c1-9(17-12-8-6-7-11(16)19-12)13-10(2)18-14(20-13)15(3,4)5/h6-9H,1-5H3,(H,17,19). The maximum absolute atomic E-state index is 5.91. The molecule has 5 heteroatoms. The van der Waals surface area contributed by atoms with Crippen molar-refractivity contribution in [2.75, 3.05) is 5.32 Å². The van der Waals surface area contributed by atoms with Crippen LogP contribution in [0.1, 0.15) is 49.3 Å². The van der Waals surface area contributed by atoms with Crippen molar-refractivity contribution in [2.24, 2.45) is 0 Å². The van der Waals surface area contributed by atoms with Crippen LogP contribution >= 0.6 is 22.9 Å². The van der Waals surface area contributed by atoms with E-state index in [9.17, 15) is 0 Å². The van der Waals surface area contributed by atoms with Gasteiger partial charge in [-0.25, -0.2) is 9.97 Å². The average molecular weight is 310 g/mol. The van der Waals surface area contributed by atoms with Crippen LogP contribution in [0.5, 0.6) is 0 Å². The number of pyridine rings is 1. The lowest BCUT2D eigenvalue weighted by Gasteiger charge is -2.15. The summed E-state index contributed by atoms with van der Waals surface area (Å²) in [6, 6.07) is 5.75. The molecule has 0 aliphatic rings. The third kappa shape index (κ3) is 3.49. The molecule has 0 bridgehead atoms. The zero-order valence-corrected chi connectivity index (χ0v) is 14.1. The minimum Gasteiger partial charge on any atom is -0.363 e. The first kappa shape index (κ1) is 15.3. The van der Waals surface area contributed by atoms with Crippen molar-refractivity contribution in [3.63, 3.8) is 0 Å². The van der Waals surface area contributed by atoms with Gasteiger partial charge in [0.05, 0.1) is 16.7 Å². The van der Waals surface area contributed by atoms with Crippen LogP contribution in [0, 0.1) is 6.92 Å². The summed E-state index contributed by atoms with van der Waals surface area (Å²) in [5.74, 6) is 0.787. The normalized spacial score (nSPS) is 13.3. The van der Waals surface area contributed by atoms with Gasteiger partial charge in [0.15, 0.2) is 0 Å². The molecule has 0 saturated heterocycles. The first-order valence-corrected chi connectivity index (χ1v) is 7.83. The molecule has 2 heterocycles. The number of thiazole rings is 1. The van der Waals surface area contributed by atoms with E-state index in [1.807, 2.05) is 12.1 Å². The van der Waals surface area contributed by atoms with Crippen molar-refractivity contribution in [1.82, 2.24) is 9.97 Å². The highest BCUT2D eigenvalue weighted by Crippen LogP contribution is 2.33. The van der Waals surface area contributed by atoms with Crippen molar-refractivity contribution in [3.05, 3.63) is 38.9 Å². The lowest BCUT2D eigenvalue weighted by Crippen LogP contribution is -2.10. The number of halogens is 1. The highest BCUT2D eigenvalue weighted by atomic mass is 35.5. The molecular weight excluding hydrogens is 290 g/mol. The predicted octanol–water partition coefficient (Wildman–Crippen LogP) is 4.97. The second kappa shape index (κ2) is 5.70. The third-order valence-corrected chi connectivity index (χ3v) is 4.92. The van der Waals surface area contributed by atoms with Crippen LogP contribution in [0.15, 0.2) is 18.2 Å². The van der Waals surface area contributed by atoms with Gasteiger partial charge in [-0.3, -0.25) is 0 Å². The van der Waals surface area contributed by atoms with Gasteiger partial charge in [-0.15, -0.1) is 11.3 Å². The maximum Gasteiger partial charge on any atom is 0.131 e. The fourth-order valence-corrected chi connectivity index (χ4v) is 3.20. The van der Waals surface area contributed by atoms with Crippen LogP contribution in [0.4, 0.5) is 5.82 Å². The number of hydrogen-bond donors (Lipinski definition) is 1. The van der Waals surface area contributed by atoms with E-state index < -0.39 is 0 Å². The van der Waals surface area contributed by atoms with E-state index in [4.69, 9.17) is 16.6 Å². The summed E-state index contributed by atoms with van der Waals surface area (Å²) in [7, 11) is 0. The van der Waals surface area contributed by atoms with E-state index in [2.05, 4.69) is 44.9 Å². The van der Waals surface area contributed by atoms with Crippen molar-refractivity contribution in [1.29, 1.82) is 0 Å². The molecule has 20 heavy (non-hydrogen) atoms. The number of nitrogens with one attached hydrogen (secondary N) is 1. The van der Waals surface area contributed by atoms with Gasteiger partial charge in [-0.05, 0) is 26.0 Å². The molecular formula is C15H20ClN3S. The molecule has 0 amide bonds. The number of aromatic nitrogens is 2. The Morgan fingerprint density at radius 3 is 2.50 bits per heavy atom. The second-order valence-electron chi connectivity index (χ2n) is 5.93. The van der Waals surface area contributed by atoms with Gasteiger partial charge in [0, 0.05) is 10.3 Å². The summed E-state index contributed by atoms with van der Waals surface area (Å²) in [5.41, 5.74) is 1.17. The molecule has 0 aromatic carbocycles. The summed E-state index contributed by atoms with van der Waals surface area (Å²) in [6.45, 7) is 10.7. The van der Waals surface area contributed by atoms with Crippen LogP contribution in [0.3, 0.4) is 0 Å². The highest BCUT2D eigenvalue weighted by molar-refractivity contribution is 7.12. The Balaban J connectivity index is 2.21. The molecule has 0 saturated carbocycles. The van der Waals surface area contributed by atoms with E-state index in [-0.39, 0.29) is 11.5 Å². The first-order valence-electron chi connectivity index (χ1n) is 6.64. The highest BCUT2D eigenvalue weighted by Gasteiger charge is 2.22. The maximum atomic E-state index is 5.91. The fraction of sp³-hybridized carbons (Fsp3) is 0.467. The Bertz CT molecular complexity index is 601. The number of aryl methyl sites for hydroxylation is 1. The number of hydrogen-bond acceptors (Lipinski definition) is 4. The summed E-state index contributed by atoms with van der Waals surface area (Å²) in [5, 5.41) is 5.04. The van der Waals surface area contributed by atoms with E-state index in [1.54, 1.807) is 17.4 Å². The molecule has 3 nitrogen and oxygen atoms in total. The smallest absolute Gasteiger partial charge is 0.131 e. The van der Waals surface area contributed by atoms with Crippen molar-refractivity contribution in [2.45, 2.75) is 46.1 Å². The molecule has 0 fully saturated rings. The number of anilines is 1. The number of rotatable bonds is 3. The zero-order chi connectivity index (χ0) is 14.9. The van der Waals surface area contributed by atoms with Crippen LogP contribution in [-0.4, -0.2) is 9.97 Å². The summed E-state index contributed by atoms with van der Waals surface area (Å²) in [6.07, 6.45) is 0. The third-order valence-electron chi connectivity index (χ3n) is 2.95. The minimum atomic E-state index is 0.0850. The van der Waals surface area contributed by atoms with Gasteiger partial charge in [0.25, 0.3) is 0 Å². The molecule has 108 valence electrons. The molecule has 0 spiro atoms. The molecule has 0 aliphatic heterocycles. The summed E-state index contributed by atoms with van der Waals surface area (Å²) < 4.78 is 0. The van der Waals surface area contributed by atoms with E-state index in [0.29, 0.717) is 5.15 Å². The van der Waals surface area contributed by atoms with Gasteiger partial charge in [0.2, 0.25) is 0 Å². The first-order chi connectivity index (χ1) is 9.27. The number of nitrogens with zero attached hydrogens (tertiary/aromatic N) is 2. The zero-order valence-electron chi connectivity index (χ0n) is 12.5. The van der Waals surface area contributed by atoms with E-state index in [0.717, 1.165) is 16.5 Å². The SMILES string of the molecule is Cc1nc(C(C)(C)C)sc1C(C)Nc1cccc(Cl)n1. The Kier molecular flexibility index (Phi) is 4.35. The molecule has 2 rings (SSSR count). The van der Waals surface area contributed by atoms with Crippen molar-refractivity contribution in [3.8, 4) is 0 Å². The Labute approximate surface area is 129 Å². The average Bonchev–Trinajstić information content (AvgIpc) is 2.71. The lowest BCUT2D eigenvalue weighted by molar-refractivity contribution is 0.584. The molecule has 0 aliphatic carbocycles. The fourth-order valence-electron chi connectivity index (χ4n) is 1.91. The molecule has 1 N–H and O–H groups in total. The van der Waals surface area contributed by atoms with Gasteiger partial charge in [-0.2, -0.15) is 0 Å². The summed E-state index contributed by atoms with van der Waals surface area (Å²) >= 11 is 7.67. The van der Waals surface area contributed by atoms with Gasteiger partial charge in [0.1, 0.15) is 11.0 Å². The van der Waals surface area contributed by atoms with Crippen molar-refractivity contribution >= 4 is 28.8 Å². The van der Waals surface area contributed by atoms with Crippen LogP contribution in [0.2, 0.25) is 5.15 Å². The van der Waals surface area contributed by atoms with Crippen LogP contribution < -0.4 is 5.32 Å². The minimum absolute atomic E-state index is 0.0850. The van der Waals surface area contributed by atoms with Crippen LogP contribution in [-0.2, 0) is 5.41 Å². The van der Waals surface area contributed by atoms with Gasteiger partial charge in [-0.1, -0.05) is 38.4 Å². The molecule has 2 aromatic heterocycles. The molecule has 1 atom stereocenters. The largest absolute Gasteiger partial charge is 0.363 e. The molecule has 0 radical (unpaired) electrons. The van der Waals surface area contributed by atoms with Gasteiger partial charge < -0.3 is 5.32 Å². The quantitative estimate of drug-likeness (QED) is 0.813. The second-order valence-corrected chi connectivity index (χ2v) is 7.35. The summed E-state index contributed by atoms with van der Waals surface area (Å²) in [4.78, 5) is 10.2. The monoisotopic (exact) mass is 309 g/mol. The molecule has 1 unspecified atom stereocenters. The van der Waals surface area contributed by atoms with Crippen molar-refractivity contribution < 1.29 is 0 Å². The van der Waals surface area contributed by atoms with Gasteiger partial charge >= 0.3 is 0 Å². The van der Waals surface area contributed by atoms with E-state index in [1.165, 1.54) is 4.88 Å². The molecule has 2 aromatic rings. The Hall–Kier alpha value is -1.13. The Morgan fingerprint density at radius 2 is 1.95 bits per heavy atom. The topological polar surface area (TPSA) is 37.8 Å². The van der Waals surface area contributed by atoms with Crippen LogP contribution in [0.25, 0.3) is 0 Å². The predicted molar refractivity (Wildman–Crippen MR) is 86.8 cm³/mol. The lowest BCUT2D eigenvalue weighted by atomic mass is 9.98. The van der Waals surface area contributed by atoms with E-state index >= 15 is 0 Å². The Morgan fingerprint density at radius 1 is 1.25 bits per heavy atom.